The first-order valence-corrected chi connectivity index (χ1v) is 8.35. The van der Waals surface area contributed by atoms with Crippen LogP contribution in [-0.4, -0.2) is 23.1 Å². The fourth-order valence-corrected chi connectivity index (χ4v) is 3.88. The van der Waals surface area contributed by atoms with Gasteiger partial charge >= 0.3 is 0 Å². The third-order valence-corrected chi connectivity index (χ3v) is 5.09. The molecule has 1 aromatic heterocycles. The number of aromatic nitrogens is 2. The van der Waals surface area contributed by atoms with Gasteiger partial charge in [0, 0.05) is 24.6 Å². The molecule has 4 nitrogen and oxygen atoms in total. The topological polar surface area (TPSA) is 52.8 Å². The predicted molar refractivity (Wildman–Crippen MR) is 89.5 cm³/mol. The van der Waals surface area contributed by atoms with Gasteiger partial charge in [-0.3, -0.25) is 0 Å². The molecule has 1 aliphatic heterocycles. The molecule has 0 saturated carbocycles. The van der Waals surface area contributed by atoms with E-state index in [9.17, 15) is 9.65 Å². The van der Waals surface area contributed by atoms with Gasteiger partial charge in [0.2, 0.25) is 5.28 Å². The Labute approximate surface area is 144 Å². The van der Waals surface area contributed by atoms with Gasteiger partial charge in [0.05, 0.1) is 17.2 Å². The molecule has 1 aliphatic carbocycles. The van der Waals surface area contributed by atoms with Crippen molar-refractivity contribution in [3.05, 3.63) is 52.2 Å². The van der Waals surface area contributed by atoms with Gasteiger partial charge in [0.15, 0.2) is 0 Å². The fourth-order valence-electron chi connectivity index (χ4n) is 3.71. The minimum Gasteiger partial charge on any atom is -0.353 e. The Morgan fingerprint density at radius 1 is 1.29 bits per heavy atom. The maximum Gasteiger partial charge on any atom is 0.224 e. The molecule has 2 heterocycles. The van der Waals surface area contributed by atoms with Gasteiger partial charge in [-0.05, 0) is 49.1 Å². The second-order valence-electron chi connectivity index (χ2n) is 6.85. The lowest BCUT2D eigenvalue weighted by Crippen LogP contribution is -2.54. The summed E-state index contributed by atoms with van der Waals surface area (Å²) in [6, 6.07) is 8.91. The van der Waals surface area contributed by atoms with Gasteiger partial charge in [-0.2, -0.15) is 5.26 Å². The zero-order valence-electron chi connectivity index (χ0n) is 13.3. The molecule has 1 fully saturated rings. The van der Waals surface area contributed by atoms with Crippen molar-refractivity contribution >= 4 is 17.4 Å². The standard InChI is InChI=1S/C18H16ClFN4/c1-18(8-21)9-24(10-18)16-14-7-6-13(15(14)22-17(19)23-16)11-2-4-12(20)5-3-11/h2-5,13H,6-7,9-10H2,1H3. The average Bonchev–Trinajstić information content (AvgIpc) is 2.95. The van der Waals surface area contributed by atoms with Crippen LogP contribution in [0.15, 0.2) is 24.3 Å². The molecule has 4 rings (SSSR count). The summed E-state index contributed by atoms with van der Waals surface area (Å²) in [5.74, 6) is 0.723. The smallest absolute Gasteiger partial charge is 0.224 e. The first kappa shape index (κ1) is 15.3. The molecule has 6 heteroatoms. The van der Waals surface area contributed by atoms with Gasteiger partial charge in [0.1, 0.15) is 11.6 Å². The van der Waals surface area contributed by atoms with Crippen LogP contribution >= 0.6 is 11.6 Å². The molecule has 0 amide bonds. The van der Waals surface area contributed by atoms with E-state index in [2.05, 4.69) is 20.9 Å². The normalized spacial score (nSPS) is 21.1. The minimum atomic E-state index is -0.320. The molecular weight excluding hydrogens is 327 g/mol. The van der Waals surface area contributed by atoms with Crippen molar-refractivity contribution in [1.82, 2.24) is 9.97 Å². The second-order valence-corrected chi connectivity index (χ2v) is 7.19. The van der Waals surface area contributed by atoms with E-state index in [0.717, 1.165) is 35.5 Å². The van der Waals surface area contributed by atoms with E-state index in [4.69, 9.17) is 11.6 Å². The third-order valence-electron chi connectivity index (χ3n) is 4.92. The molecule has 0 bridgehead atoms. The fraction of sp³-hybridized carbons (Fsp3) is 0.389. The molecule has 1 unspecified atom stereocenters. The number of nitrogens with zero attached hydrogens (tertiary/aromatic N) is 4. The quantitative estimate of drug-likeness (QED) is 0.781. The lowest BCUT2D eigenvalue weighted by atomic mass is 9.83. The summed E-state index contributed by atoms with van der Waals surface area (Å²) in [5, 5.41) is 9.43. The maximum atomic E-state index is 13.2. The van der Waals surface area contributed by atoms with Gasteiger partial charge in [0.25, 0.3) is 0 Å². The Hall–Kier alpha value is -2.19. The molecule has 1 atom stereocenters. The molecule has 0 N–H and O–H groups in total. The Morgan fingerprint density at radius 3 is 2.67 bits per heavy atom. The molecule has 1 saturated heterocycles. The summed E-state index contributed by atoms with van der Waals surface area (Å²) in [6.07, 6.45) is 1.77. The van der Waals surface area contributed by atoms with E-state index in [1.807, 2.05) is 6.92 Å². The molecule has 0 radical (unpaired) electrons. The number of hydrogen-bond donors (Lipinski definition) is 0. The van der Waals surface area contributed by atoms with Crippen LogP contribution < -0.4 is 4.90 Å². The molecule has 0 spiro atoms. The van der Waals surface area contributed by atoms with Crippen LogP contribution in [0.2, 0.25) is 5.28 Å². The lowest BCUT2D eigenvalue weighted by molar-refractivity contribution is 0.333. The number of rotatable bonds is 2. The molecule has 24 heavy (non-hydrogen) atoms. The van der Waals surface area contributed by atoms with Crippen molar-refractivity contribution in [3.63, 3.8) is 0 Å². The Kier molecular flexibility index (Phi) is 3.47. The number of halogens is 2. The monoisotopic (exact) mass is 342 g/mol. The number of nitriles is 1. The van der Waals surface area contributed by atoms with E-state index in [0.29, 0.717) is 13.1 Å². The maximum absolute atomic E-state index is 13.2. The van der Waals surface area contributed by atoms with Crippen molar-refractivity contribution in [3.8, 4) is 6.07 Å². The largest absolute Gasteiger partial charge is 0.353 e. The van der Waals surface area contributed by atoms with Gasteiger partial charge in [-0.15, -0.1) is 0 Å². The van der Waals surface area contributed by atoms with Gasteiger partial charge in [-0.25, -0.2) is 14.4 Å². The van der Waals surface area contributed by atoms with Crippen LogP contribution in [0, 0.1) is 22.6 Å². The summed E-state index contributed by atoms with van der Waals surface area (Å²) >= 11 is 6.16. The first-order valence-electron chi connectivity index (χ1n) is 7.97. The summed E-state index contributed by atoms with van der Waals surface area (Å²) in [4.78, 5) is 11.0. The number of hydrogen-bond acceptors (Lipinski definition) is 4. The molecule has 2 aliphatic rings. The van der Waals surface area contributed by atoms with Crippen LogP contribution in [0.3, 0.4) is 0 Å². The summed E-state index contributed by atoms with van der Waals surface area (Å²) in [5.41, 5.74) is 2.76. The highest BCUT2D eigenvalue weighted by Crippen LogP contribution is 2.43. The zero-order chi connectivity index (χ0) is 16.9. The highest BCUT2D eigenvalue weighted by molar-refractivity contribution is 6.28. The van der Waals surface area contributed by atoms with Crippen LogP contribution in [0.5, 0.6) is 0 Å². The molecule has 1 aromatic carbocycles. The highest BCUT2D eigenvalue weighted by atomic mass is 35.5. The van der Waals surface area contributed by atoms with E-state index in [-0.39, 0.29) is 22.4 Å². The Morgan fingerprint density at radius 2 is 2.00 bits per heavy atom. The van der Waals surface area contributed by atoms with Crippen LogP contribution in [0.4, 0.5) is 10.2 Å². The summed E-state index contributed by atoms with van der Waals surface area (Å²) < 4.78 is 13.2. The first-order chi connectivity index (χ1) is 11.5. The summed E-state index contributed by atoms with van der Waals surface area (Å²) in [6.45, 7) is 3.27. The van der Waals surface area contributed by atoms with Gasteiger partial charge < -0.3 is 4.90 Å². The van der Waals surface area contributed by atoms with Crippen molar-refractivity contribution in [2.75, 3.05) is 18.0 Å². The SMILES string of the molecule is CC1(C#N)CN(c2nc(Cl)nc3c2CCC3c2ccc(F)cc2)C1. The minimum absolute atomic E-state index is 0.114. The molecular formula is C18H16ClFN4. The average molecular weight is 343 g/mol. The summed E-state index contributed by atoms with van der Waals surface area (Å²) in [7, 11) is 0. The van der Waals surface area contributed by atoms with Crippen molar-refractivity contribution < 1.29 is 4.39 Å². The lowest BCUT2D eigenvalue weighted by Gasteiger charge is -2.44. The van der Waals surface area contributed by atoms with E-state index >= 15 is 0 Å². The van der Waals surface area contributed by atoms with E-state index in [1.165, 1.54) is 12.1 Å². The van der Waals surface area contributed by atoms with E-state index in [1.54, 1.807) is 12.1 Å². The Bertz CT molecular complexity index is 837. The Balaban J connectivity index is 1.70. The van der Waals surface area contributed by atoms with Crippen LogP contribution in [-0.2, 0) is 6.42 Å². The number of fused-ring (bicyclic) bond motifs is 1. The van der Waals surface area contributed by atoms with Crippen molar-refractivity contribution in [1.29, 1.82) is 5.26 Å². The number of benzene rings is 1. The second kappa shape index (κ2) is 5.42. The van der Waals surface area contributed by atoms with Crippen molar-refractivity contribution in [2.45, 2.75) is 25.7 Å². The highest BCUT2D eigenvalue weighted by Gasteiger charge is 2.42. The number of anilines is 1. The van der Waals surface area contributed by atoms with Crippen molar-refractivity contribution in [2.24, 2.45) is 5.41 Å². The molecule has 2 aromatic rings. The zero-order valence-corrected chi connectivity index (χ0v) is 14.0. The van der Waals surface area contributed by atoms with Crippen LogP contribution in [0.25, 0.3) is 0 Å². The van der Waals surface area contributed by atoms with Gasteiger partial charge in [-0.1, -0.05) is 12.1 Å². The van der Waals surface area contributed by atoms with Crippen LogP contribution in [0.1, 0.15) is 36.1 Å². The third kappa shape index (κ3) is 2.42. The molecule has 122 valence electrons. The van der Waals surface area contributed by atoms with E-state index < -0.39 is 0 Å². The predicted octanol–water partition coefficient (Wildman–Crippen LogP) is 3.70.